The van der Waals surface area contributed by atoms with Crippen molar-refractivity contribution in [3.63, 3.8) is 0 Å². The highest BCUT2D eigenvalue weighted by atomic mass is 32.2. The maximum absolute atomic E-state index is 5.76. The minimum atomic E-state index is 0.673. The third-order valence-corrected chi connectivity index (χ3v) is 3.95. The fraction of sp³-hybridized carbons (Fsp3) is 0.250. The number of hydrogen-bond donors (Lipinski definition) is 1. The molecule has 0 saturated carbocycles. The number of methoxy groups -OCH3 is 1. The maximum atomic E-state index is 5.76. The van der Waals surface area contributed by atoms with E-state index in [0.29, 0.717) is 12.3 Å². The highest BCUT2D eigenvalue weighted by molar-refractivity contribution is 7.98. The summed E-state index contributed by atoms with van der Waals surface area (Å²) in [6.45, 7) is 2.67. The number of ether oxygens (including phenoxy) is 2. The Balaban J connectivity index is 2.13. The minimum Gasteiger partial charge on any atom is -0.496 e. The molecular weight excluding hydrogens is 270 g/mol. The topological polar surface area (TPSA) is 44.5 Å². The van der Waals surface area contributed by atoms with Crippen LogP contribution >= 0.6 is 11.8 Å². The predicted octanol–water partition coefficient (Wildman–Crippen LogP) is 3.97. The van der Waals surface area contributed by atoms with Crippen molar-refractivity contribution in [1.82, 2.24) is 0 Å². The van der Waals surface area contributed by atoms with Crippen molar-refractivity contribution in [3.05, 3.63) is 48.0 Å². The van der Waals surface area contributed by atoms with Crippen LogP contribution in [0, 0.1) is 0 Å². The Hall–Kier alpha value is -1.81. The van der Waals surface area contributed by atoms with Crippen LogP contribution in [0.4, 0.5) is 5.69 Å². The number of nitrogens with two attached hydrogens (primary N) is 1. The number of thioether (sulfide) groups is 1. The molecule has 4 heteroatoms. The normalized spacial score (nSPS) is 10.3. The zero-order valence-electron chi connectivity index (χ0n) is 11.8. The molecule has 20 heavy (non-hydrogen) atoms. The van der Waals surface area contributed by atoms with E-state index >= 15 is 0 Å². The Kier molecular flexibility index (Phi) is 5.18. The van der Waals surface area contributed by atoms with Crippen LogP contribution in [0.25, 0.3) is 0 Å². The molecule has 2 aromatic carbocycles. The largest absolute Gasteiger partial charge is 0.496 e. The molecule has 0 aliphatic rings. The smallest absolute Gasteiger partial charge is 0.134 e. The third-order valence-electron chi connectivity index (χ3n) is 2.84. The first-order valence-electron chi connectivity index (χ1n) is 6.51. The summed E-state index contributed by atoms with van der Waals surface area (Å²) in [6, 6.07) is 13.8. The SMILES string of the molecule is CCOc1ccccc1CSc1ccc(N)cc1OC. The maximum Gasteiger partial charge on any atom is 0.134 e. The first-order chi connectivity index (χ1) is 9.74. The molecular formula is C16H19NO2S. The molecule has 3 nitrogen and oxygen atoms in total. The predicted molar refractivity (Wildman–Crippen MR) is 84.6 cm³/mol. The molecule has 0 spiro atoms. The van der Waals surface area contributed by atoms with Crippen molar-refractivity contribution in [2.45, 2.75) is 17.6 Å². The average molecular weight is 289 g/mol. The van der Waals surface area contributed by atoms with Crippen LogP contribution in [0.15, 0.2) is 47.4 Å². The lowest BCUT2D eigenvalue weighted by Crippen LogP contribution is -1.95. The summed E-state index contributed by atoms with van der Waals surface area (Å²) in [5.41, 5.74) is 7.65. The van der Waals surface area contributed by atoms with E-state index in [1.807, 2.05) is 43.3 Å². The Morgan fingerprint density at radius 2 is 1.90 bits per heavy atom. The molecule has 0 amide bonds. The molecule has 2 N–H and O–H groups in total. The molecule has 0 aliphatic carbocycles. The zero-order chi connectivity index (χ0) is 14.4. The average Bonchev–Trinajstić information content (AvgIpc) is 2.47. The Labute approximate surface area is 124 Å². The second-order valence-electron chi connectivity index (χ2n) is 4.24. The number of hydrogen-bond acceptors (Lipinski definition) is 4. The Morgan fingerprint density at radius 3 is 2.65 bits per heavy atom. The second kappa shape index (κ2) is 7.10. The summed E-state index contributed by atoms with van der Waals surface area (Å²) in [4.78, 5) is 1.08. The standard InChI is InChI=1S/C16H19NO2S/c1-3-19-14-7-5-4-6-12(14)11-20-16-9-8-13(17)10-15(16)18-2/h4-10H,3,11,17H2,1-2H3. The molecule has 0 atom stereocenters. The molecule has 0 saturated heterocycles. The van der Waals surface area contributed by atoms with Crippen molar-refractivity contribution in [2.24, 2.45) is 0 Å². The van der Waals surface area contributed by atoms with Crippen LogP contribution in [0.5, 0.6) is 11.5 Å². The molecule has 106 valence electrons. The summed E-state index contributed by atoms with van der Waals surface area (Å²) in [5.74, 6) is 2.58. The van der Waals surface area contributed by atoms with Crippen LogP contribution in [0.2, 0.25) is 0 Å². The second-order valence-corrected chi connectivity index (χ2v) is 5.26. The van der Waals surface area contributed by atoms with Gasteiger partial charge >= 0.3 is 0 Å². The van der Waals surface area contributed by atoms with Crippen LogP contribution in [0.3, 0.4) is 0 Å². The molecule has 0 radical (unpaired) electrons. The summed E-state index contributed by atoms with van der Waals surface area (Å²) in [7, 11) is 1.66. The van der Waals surface area contributed by atoms with Gasteiger partial charge in [0, 0.05) is 28.0 Å². The molecule has 2 aromatic rings. The van der Waals surface area contributed by atoms with E-state index in [9.17, 15) is 0 Å². The highest BCUT2D eigenvalue weighted by Gasteiger charge is 2.07. The molecule has 0 aromatic heterocycles. The van der Waals surface area contributed by atoms with Gasteiger partial charge in [-0.2, -0.15) is 0 Å². The van der Waals surface area contributed by atoms with E-state index in [-0.39, 0.29) is 0 Å². The van der Waals surface area contributed by atoms with Gasteiger partial charge < -0.3 is 15.2 Å². The fourth-order valence-electron chi connectivity index (χ4n) is 1.88. The van der Waals surface area contributed by atoms with E-state index in [0.717, 1.165) is 22.1 Å². The molecule has 0 bridgehead atoms. The summed E-state index contributed by atoms with van der Waals surface area (Å²) in [5, 5.41) is 0. The third kappa shape index (κ3) is 3.61. The van der Waals surface area contributed by atoms with Crippen LogP contribution in [-0.2, 0) is 5.75 Å². The van der Waals surface area contributed by atoms with Gasteiger partial charge in [-0.05, 0) is 25.1 Å². The van der Waals surface area contributed by atoms with Gasteiger partial charge in [-0.25, -0.2) is 0 Å². The fourth-order valence-corrected chi connectivity index (χ4v) is 2.88. The summed E-state index contributed by atoms with van der Waals surface area (Å²) < 4.78 is 11.0. The minimum absolute atomic E-state index is 0.673. The van der Waals surface area contributed by atoms with Crippen molar-refractivity contribution in [3.8, 4) is 11.5 Å². The lowest BCUT2D eigenvalue weighted by atomic mass is 10.2. The van der Waals surface area contributed by atoms with E-state index in [4.69, 9.17) is 15.2 Å². The van der Waals surface area contributed by atoms with E-state index in [1.54, 1.807) is 18.9 Å². The van der Waals surface area contributed by atoms with Gasteiger partial charge in [0.25, 0.3) is 0 Å². The van der Waals surface area contributed by atoms with E-state index in [2.05, 4.69) is 6.07 Å². The Morgan fingerprint density at radius 1 is 1.10 bits per heavy atom. The lowest BCUT2D eigenvalue weighted by molar-refractivity contribution is 0.337. The van der Waals surface area contributed by atoms with Crippen LogP contribution in [0.1, 0.15) is 12.5 Å². The zero-order valence-corrected chi connectivity index (χ0v) is 12.6. The number of benzene rings is 2. The van der Waals surface area contributed by atoms with Crippen molar-refractivity contribution in [1.29, 1.82) is 0 Å². The van der Waals surface area contributed by atoms with Crippen molar-refractivity contribution >= 4 is 17.4 Å². The number of anilines is 1. The number of rotatable bonds is 6. The van der Waals surface area contributed by atoms with Gasteiger partial charge in [0.05, 0.1) is 13.7 Å². The molecule has 0 fully saturated rings. The van der Waals surface area contributed by atoms with Gasteiger partial charge in [-0.1, -0.05) is 18.2 Å². The summed E-state index contributed by atoms with van der Waals surface area (Å²) in [6.07, 6.45) is 0. The number of para-hydroxylation sites is 1. The summed E-state index contributed by atoms with van der Waals surface area (Å²) >= 11 is 1.71. The van der Waals surface area contributed by atoms with Gasteiger partial charge in [-0.3, -0.25) is 0 Å². The first kappa shape index (κ1) is 14.6. The van der Waals surface area contributed by atoms with E-state index in [1.165, 1.54) is 5.56 Å². The van der Waals surface area contributed by atoms with Crippen LogP contribution in [-0.4, -0.2) is 13.7 Å². The highest BCUT2D eigenvalue weighted by Crippen LogP contribution is 2.34. The van der Waals surface area contributed by atoms with Gasteiger partial charge in [-0.15, -0.1) is 11.8 Å². The van der Waals surface area contributed by atoms with Gasteiger partial charge in [0.1, 0.15) is 11.5 Å². The first-order valence-corrected chi connectivity index (χ1v) is 7.50. The van der Waals surface area contributed by atoms with Crippen molar-refractivity contribution in [2.75, 3.05) is 19.5 Å². The quantitative estimate of drug-likeness (QED) is 0.645. The lowest BCUT2D eigenvalue weighted by Gasteiger charge is -2.11. The van der Waals surface area contributed by atoms with Crippen LogP contribution < -0.4 is 15.2 Å². The van der Waals surface area contributed by atoms with Crippen molar-refractivity contribution < 1.29 is 9.47 Å². The molecule has 0 unspecified atom stereocenters. The van der Waals surface area contributed by atoms with Gasteiger partial charge in [0.15, 0.2) is 0 Å². The molecule has 2 rings (SSSR count). The van der Waals surface area contributed by atoms with E-state index < -0.39 is 0 Å². The number of nitrogen functional groups attached to an aromatic ring is 1. The molecule has 0 aliphatic heterocycles. The monoisotopic (exact) mass is 289 g/mol. The van der Waals surface area contributed by atoms with Gasteiger partial charge in [0.2, 0.25) is 0 Å². The Bertz CT molecular complexity index is 572. The molecule has 0 heterocycles.